The second-order valence-electron chi connectivity index (χ2n) is 12.2. The number of alkyl halides is 3. The summed E-state index contributed by atoms with van der Waals surface area (Å²) in [6.45, 7) is 7.39. The van der Waals surface area contributed by atoms with Crippen molar-refractivity contribution in [2.75, 3.05) is 19.7 Å². The molecule has 242 valence electrons. The summed E-state index contributed by atoms with van der Waals surface area (Å²) in [5, 5.41) is 6.01. The Hall–Kier alpha value is -3.67. The maximum Gasteiger partial charge on any atom is 0.416 e. The molecule has 0 spiro atoms. The highest BCUT2D eigenvalue weighted by Gasteiger charge is 2.36. The van der Waals surface area contributed by atoms with Crippen molar-refractivity contribution in [3.8, 4) is 33.3 Å². The molecular weight excluding hydrogens is 637 g/mol. The lowest BCUT2D eigenvalue weighted by atomic mass is 9.99. The van der Waals surface area contributed by atoms with Gasteiger partial charge in [0.05, 0.1) is 34.7 Å². The zero-order valence-corrected chi connectivity index (χ0v) is 27.2. The molecule has 2 aliphatic heterocycles. The largest absolute Gasteiger partial charge is 0.492 e. The van der Waals surface area contributed by atoms with Gasteiger partial charge in [0.15, 0.2) is 0 Å². The summed E-state index contributed by atoms with van der Waals surface area (Å²) in [5.41, 5.74) is 1.34. The van der Waals surface area contributed by atoms with E-state index in [1.54, 1.807) is 29.6 Å². The van der Waals surface area contributed by atoms with E-state index >= 15 is 0 Å². The number of halogens is 4. The SMILES string of the molecule is CCOc1ccc(Cl)cc1-n1c(CC(C)C)c(C(=O)N2C[C@H]3CC[C@@H](C2)N3)cc(-c2nc(-c3ccc(C(F)(F)F)cc3)cs2)c1=O. The van der Waals surface area contributed by atoms with E-state index in [-0.39, 0.29) is 29.5 Å². The minimum Gasteiger partial charge on any atom is -0.492 e. The Morgan fingerprint density at radius 1 is 1.11 bits per heavy atom. The molecule has 7 nitrogen and oxygen atoms in total. The minimum absolute atomic E-state index is 0.100. The van der Waals surface area contributed by atoms with Crippen molar-refractivity contribution in [1.82, 2.24) is 19.8 Å². The molecule has 2 bridgehead atoms. The van der Waals surface area contributed by atoms with Crippen molar-refractivity contribution in [1.29, 1.82) is 0 Å². The summed E-state index contributed by atoms with van der Waals surface area (Å²) in [7, 11) is 0. The monoisotopic (exact) mass is 670 g/mol. The molecule has 2 saturated heterocycles. The van der Waals surface area contributed by atoms with Gasteiger partial charge in [0.1, 0.15) is 10.8 Å². The summed E-state index contributed by atoms with van der Waals surface area (Å²) in [6.07, 6.45) is -2.02. The van der Waals surface area contributed by atoms with Gasteiger partial charge in [-0.2, -0.15) is 13.2 Å². The molecule has 2 fully saturated rings. The Balaban J connectivity index is 1.54. The number of nitrogens with one attached hydrogen (secondary N) is 1. The van der Waals surface area contributed by atoms with Crippen LogP contribution in [0.1, 0.15) is 55.2 Å². The van der Waals surface area contributed by atoms with Crippen molar-refractivity contribution in [2.24, 2.45) is 5.92 Å². The number of rotatable bonds is 8. The third-order valence-electron chi connectivity index (χ3n) is 8.34. The molecule has 2 aromatic heterocycles. The van der Waals surface area contributed by atoms with E-state index in [4.69, 9.17) is 16.3 Å². The van der Waals surface area contributed by atoms with Crippen molar-refractivity contribution in [3.63, 3.8) is 0 Å². The summed E-state index contributed by atoms with van der Waals surface area (Å²) in [5.74, 6) is 0.381. The summed E-state index contributed by atoms with van der Waals surface area (Å²) >= 11 is 7.66. The number of hydrogen-bond acceptors (Lipinski definition) is 6. The Bertz CT molecular complexity index is 1810. The number of hydrogen-bond donors (Lipinski definition) is 1. The smallest absolute Gasteiger partial charge is 0.416 e. The standard InChI is InChI=1S/C34H34ClF3N4O3S/c1-4-45-30-12-9-22(35)14-29(30)42-28(13-19(2)3)25(32(43)41-16-23-10-11-24(17-41)39-23)15-26(33(42)44)31-40-27(18-46-31)20-5-7-21(8-6-20)34(36,37)38/h5-9,12,14-15,18-19,23-24,39H,4,10-11,13,16-17H2,1-3H3/t23-,24+. The highest BCUT2D eigenvalue weighted by molar-refractivity contribution is 7.13. The van der Waals surface area contributed by atoms with Gasteiger partial charge in [-0.25, -0.2) is 4.98 Å². The molecule has 2 aromatic carbocycles. The number of pyridine rings is 1. The predicted molar refractivity (Wildman–Crippen MR) is 174 cm³/mol. The molecule has 2 atom stereocenters. The first-order valence-corrected chi connectivity index (χ1v) is 16.6. The fourth-order valence-corrected chi connectivity index (χ4v) is 7.27. The first kappa shape index (κ1) is 32.3. The topological polar surface area (TPSA) is 76.5 Å². The van der Waals surface area contributed by atoms with Gasteiger partial charge in [-0.05, 0) is 68.5 Å². The van der Waals surface area contributed by atoms with Crippen LogP contribution in [0.4, 0.5) is 13.2 Å². The first-order chi connectivity index (χ1) is 21.9. The van der Waals surface area contributed by atoms with Gasteiger partial charge in [0.2, 0.25) is 0 Å². The normalized spacial score (nSPS) is 18.0. The highest BCUT2D eigenvalue weighted by atomic mass is 35.5. The number of nitrogens with zero attached hydrogens (tertiary/aromatic N) is 3. The molecule has 0 aliphatic carbocycles. The highest BCUT2D eigenvalue weighted by Crippen LogP contribution is 2.35. The number of ether oxygens (including phenoxy) is 1. The first-order valence-electron chi connectivity index (χ1n) is 15.3. The second kappa shape index (κ2) is 12.8. The van der Waals surface area contributed by atoms with Crippen LogP contribution in [-0.2, 0) is 12.6 Å². The molecule has 1 amide bonds. The minimum atomic E-state index is -4.46. The quantitative estimate of drug-likeness (QED) is 0.211. The fraction of sp³-hybridized carbons (Fsp3) is 0.382. The lowest BCUT2D eigenvalue weighted by molar-refractivity contribution is -0.137. The van der Waals surface area contributed by atoms with Gasteiger partial charge in [-0.1, -0.05) is 37.6 Å². The van der Waals surface area contributed by atoms with Crippen LogP contribution in [-0.4, -0.2) is 52.1 Å². The van der Waals surface area contributed by atoms with Gasteiger partial charge in [-0.15, -0.1) is 11.3 Å². The number of piperazine rings is 1. The van der Waals surface area contributed by atoms with Crippen LogP contribution in [0.15, 0.2) is 58.7 Å². The van der Waals surface area contributed by atoms with E-state index in [1.165, 1.54) is 28.0 Å². The van der Waals surface area contributed by atoms with Crippen LogP contribution in [0.2, 0.25) is 5.02 Å². The zero-order chi connectivity index (χ0) is 32.7. The van der Waals surface area contributed by atoms with Gasteiger partial charge >= 0.3 is 6.18 Å². The average molecular weight is 671 g/mol. The number of benzene rings is 2. The van der Waals surface area contributed by atoms with E-state index < -0.39 is 17.3 Å². The number of carbonyl (C=O) groups excluding carboxylic acids is 1. The van der Waals surface area contributed by atoms with Crippen molar-refractivity contribution in [2.45, 2.75) is 58.3 Å². The maximum absolute atomic E-state index is 14.6. The Morgan fingerprint density at radius 3 is 2.43 bits per heavy atom. The zero-order valence-electron chi connectivity index (χ0n) is 25.7. The van der Waals surface area contributed by atoms with E-state index in [0.717, 1.165) is 25.0 Å². The van der Waals surface area contributed by atoms with E-state index in [1.807, 2.05) is 25.7 Å². The van der Waals surface area contributed by atoms with Gasteiger partial charge in [0.25, 0.3) is 11.5 Å². The fourth-order valence-electron chi connectivity index (χ4n) is 6.27. The maximum atomic E-state index is 14.6. The van der Waals surface area contributed by atoms with E-state index in [9.17, 15) is 22.8 Å². The molecule has 0 radical (unpaired) electrons. The van der Waals surface area contributed by atoms with Crippen LogP contribution in [0.3, 0.4) is 0 Å². The number of likely N-dealkylation sites (tertiary alicyclic amines) is 1. The summed E-state index contributed by atoms with van der Waals surface area (Å²) in [4.78, 5) is 35.6. The lowest BCUT2D eigenvalue weighted by Crippen LogP contribution is -2.53. The molecule has 0 saturated carbocycles. The number of amides is 1. The Kier molecular flexibility index (Phi) is 9.02. The van der Waals surface area contributed by atoms with E-state index in [0.29, 0.717) is 70.1 Å². The lowest BCUT2D eigenvalue weighted by Gasteiger charge is -2.34. The van der Waals surface area contributed by atoms with Gasteiger partial charge < -0.3 is 15.0 Å². The molecule has 2 aliphatic rings. The molecule has 4 aromatic rings. The molecule has 0 unspecified atom stereocenters. The third-order valence-corrected chi connectivity index (χ3v) is 9.45. The molecular formula is C34H34ClF3N4O3S. The Morgan fingerprint density at radius 2 is 1.80 bits per heavy atom. The molecule has 1 N–H and O–H groups in total. The molecule has 6 rings (SSSR count). The van der Waals surface area contributed by atoms with Gasteiger partial charge in [0, 0.05) is 46.8 Å². The molecule has 46 heavy (non-hydrogen) atoms. The second-order valence-corrected chi connectivity index (χ2v) is 13.5. The van der Waals surface area contributed by atoms with Crippen LogP contribution >= 0.6 is 22.9 Å². The predicted octanol–water partition coefficient (Wildman–Crippen LogP) is 7.47. The summed E-state index contributed by atoms with van der Waals surface area (Å²) < 4.78 is 47.0. The average Bonchev–Trinajstić information content (AvgIpc) is 3.63. The number of fused-ring (bicyclic) bond motifs is 2. The van der Waals surface area contributed by atoms with Crippen LogP contribution < -0.4 is 15.6 Å². The van der Waals surface area contributed by atoms with E-state index in [2.05, 4.69) is 10.3 Å². The number of carbonyl (C=O) groups is 1. The molecule has 12 heteroatoms. The van der Waals surface area contributed by atoms with Gasteiger partial charge in [-0.3, -0.25) is 14.2 Å². The number of thiazole rings is 1. The number of aromatic nitrogens is 2. The van der Waals surface area contributed by atoms with Crippen LogP contribution in [0.5, 0.6) is 5.75 Å². The Labute approximate surface area is 274 Å². The van der Waals surface area contributed by atoms with Crippen LogP contribution in [0, 0.1) is 5.92 Å². The van der Waals surface area contributed by atoms with Crippen molar-refractivity contribution < 1.29 is 22.7 Å². The summed E-state index contributed by atoms with van der Waals surface area (Å²) in [6, 6.07) is 11.9. The third kappa shape index (κ3) is 6.45. The van der Waals surface area contributed by atoms with Crippen molar-refractivity contribution in [3.05, 3.63) is 86.1 Å². The molecule has 4 heterocycles. The van der Waals surface area contributed by atoms with Crippen molar-refractivity contribution >= 4 is 28.8 Å². The van der Waals surface area contributed by atoms with Crippen LogP contribution in [0.25, 0.3) is 27.5 Å².